The summed E-state index contributed by atoms with van der Waals surface area (Å²) in [5.41, 5.74) is 1.23. The molecule has 1 aromatic carbocycles. The number of likely N-dealkylation sites (tertiary alicyclic amines) is 1. The van der Waals surface area contributed by atoms with Gasteiger partial charge in [0.15, 0.2) is 0 Å². The van der Waals surface area contributed by atoms with E-state index in [1.807, 2.05) is 23.1 Å². The van der Waals surface area contributed by atoms with Crippen LogP contribution < -0.4 is 5.32 Å². The van der Waals surface area contributed by atoms with Crippen LogP contribution in [0.2, 0.25) is 0 Å². The average molecular weight is 311 g/mol. The number of nitrogens with one attached hydrogen (secondary N) is 1. The number of amides is 1. The molecule has 3 heterocycles. The fraction of sp³-hybridized carbons (Fsp3) is 0.471. The van der Waals surface area contributed by atoms with E-state index in [1.165, 1.54) is 5.56 Å². The van der Waals surface area contributed by atoms with Crippen LogP contribution >= 0.6 is 0 Å². The molecule has 1 N–H and O–H groups in total. The summed E-state index contributed by atoms with van der Waals surface area (Å²) in [4.78, 5) is 19.1. The van der Waals surface area contributed by atoms with Crippen molar-refractivity contribution in [2.75, 3.05) is 18.4 Å². The maximum atomic E-state index is 12.9. The Hall–Kier alpha value is -2.37. The molecule has 1 saturated heterocycles. The summed E-state index contributed by atoms with van der Waals surface area (Å²) in [6, 6.07) is 10.3. The monoisotopic (exact) mass is 311 g/mol. The number of benzene rings is 1. The third-order valence-corrected chi connectivity index (χ3v) is 4.70. The summed E-state index contributed by atoms with van der Waals surface area (Å²) >= 11 is 0. The van der Waals surface area contributed by atoms with Crippen molar-refractivity contribution in [1.29, 1.82) is 0 Å². The van der Waals surface area contributed by atoms with Gasteiger partial charge in [-0.15, -0.1) is 5.10 Å². The Kier molecular flexibility index (Phi) is 3.14. The third-order valence-electron chi connectivity index (χ3n) is 4.70. The lowest BCUT2D eigenvalue weighted by atomic mass is 9.71. The van der Waals surface area contributed by atoms with Crippen LogP contribution in [0.3, 0.4) is 0 Å². The molecular formula is C17H21N5O. The van der Waals surface area contributed by atoms with E-state index in [-0.39, 0.29) is 17.4 Å². The number of carbonyl (C=O) groups is 1. The van der Waals surface area contributed by atoms with E-state index in [1.54, 1.807) is 4.68 Å². The molecular weight excluding hydrogens is 290 g/mol. The van der Waals surface area contributed by atoms with Crippen molar-refractivity contribution < 1.29 is 4.79 Å². The van der Waals surface area contributed by atoms with Gasteiger partial charge in [-0.25, -0.2) is 4.68 Å². The fourth-order valence-corrected chi connectivity index (χ4v) is 3.66. The van der Waals surface area contributed by atoms with E-state index in [0.29, 0.717) is 11.8 Å². The smallest absolute Gasteiger partial charge is 0.294 e. The summed E-state index contributed by atoms with van der Waals surface area (Å²) in [7, 11) is 0. The molecule has 0 bridgehead atoms. The van der Waals surface area contributed by atoms with E-state index in [4.69, 9.17) is 0 Å². The molecule has 0 radical (unpaired) electrons. The van der Waals surface area contributed by atoms with Crippen molar-refractivity contribution in [2.24, 2.45) is 5.41 Å². The number of nitrogens with zero attached hydrogens (tertiary/aromatic N) is 4. The van der Waals surface area contributed by atoms with Crippen molar-refractivity contribution >= 4 is 11.9 Å². The zero-order chi connectivity index (χ0) is 16.0. The van der Waals surface area contributed by atoms with Crippen LogP contribution in [0, 0.1) is 5.41 Å². The molecule has 2 aliphatic rings. The summed E-state index contributed by atoms with van der Waals surface area (Å²) in [5.74, 6) is 0.920. The average Bonchev–Trinajstić information content (AvgIpc) is 2.97. The number of fused-ring (bicyclic) bond motifs is 1. The Balaban J connectivity index is 1.62. The van der Waals surface area contributed by atoms with Gasteiger partial charge in [-0.1, -0.05) is 44.2 Å². The molecule has 1 amide bonds. The number of rotatable bonds is 2. The van der Waals surface area contributed by atoms with Gasteiger partial charge in [0, 0.05) is 25.0 Å². The maximum Gasteiger partial charge on any atom is 0.294 e. The van der Waals surface area contributed by atoms with Crippen molar-refractivity contribution in [3.63, 3.8) is 0 Å². The predicted molar refractivity (Wildman–Crippen MR) is 87.1 cm³/mol. The third kappa shape index (κ3) is 2.29. The largest absolute Gasteiger partial charge is 0.354 e. The van der Waals surface area contributed by atoms with E-state index < -0.39 is 0 Å². The zero-order valence-corrected chi connectivity index (χ0v) is 13.5. The van der Waals surface area contributed by atoms with Crippen molar-refractivity contribution in [3.8, 4) is 0 Å². The van der Waals surface area contributed by atoms with Crippen LogP contribution in [0.4, 0.5) is 5.95 Å². The van der Waals surface area contributed by atoms with Crippen LogP contribution in [0.25, 0.3) is 0 Å². The highest BCUT2D eigenvalue weighted by Crippen LogP contribution is 2.48. The zero-order valence-electron chi connectivity index (χ0n) is 13.5. The van der Waals surface area contributed by atoms with Gasteiger partial charge in [-0.2, -0.15) is 4.98 Å². The van der Waals surface area contributed by atoms with Gasteiger partial charge in [0.05, 0.1) is 6.04 Å². The Morgan fingerprint density at radius 1 is 1.30 bits per heavy atom. The number of hydrogen-bond donors (Lipinski definition) is 1. The lowest BCUT2D eigenvalue weighted by molar-refractivity contribution is -0.0330. The van der Waals surface area contributed by atoms with Crippen LogP contribution in [0.15, 0.2) is 30.3 Å². The maximum absolute atomic E-state index is 12.9. The van der Waals surface area contributed by atoms with Gasteiger partial charge in [0.25, 0.3) is 5.91 Å². The molecule has 0 aliphatic carbocycles. The summed E-state index contributed by atoms with van der Waals surface area (Å²) in [5, 5.41) is 7.57. The molecule has 6 nitrogen and oxygen atoms in total. The van der Waals surface area contributed by atoms with E-state index in [9.17, 15) is 4.79 Å². The molecule has 2 aliphatic heterocycles. The first-order chi connectivity index (χ1) is 11.1. The minimum Gasteiger partial charge on any atom is -0.354 e. The van der Waals surface area contributed by atoms with E-state index >= 15 is 0 Å². The first-order valence-electron chi connectivity index (χ1n) is 8.11. The molecule has 0 spiro atoms. The molecule has 1 atom stereocenters. The Morgan fingerprint density at radius 2 is 2.09 bits per heavy atom. The molecule has 6 heteroatoms. The standard InChI is InChI=1S/C17H21N5O/c1-17(2)11-21(13(17)12-7-4-3-5-8-12)15(23)14-19-16-18-9-6-10-22(16)20-14/h3-5,7-8,13H,6,9-11H2,1-2H3,(H,18,19,20). The number of aromatic nitrogens is 3. The topological polar surface area (TPSA) is 63.1 Å². The predicted octanol–water partition coefficient (Wildman–Crippen LogP) is 2.32. The molecule has 1 unspecified atom stereocenters. The molecule has 1 fully saturated rings. The van der Waals surface area contributed by atoms with Crippen LogP contribution in [-0.4, -0.2) is 38.7 Å². The Labute approximate surface area is 135 Å². The first-order valence-corrected chi connectivity index (χ1v) is 8.11. The fourth-order valence-electron chi connectivity index (χ4n) is 3.66. The highest BCUT2D eigenvalue weighted by atomic mass is 16.2. The minimum absolute atomic E-state index is 0.0641. The van der Waals surface area contributed by atoms with Gasteiger partial charge < -0.3 is 10.2 Å². The molecule has 1 aromatic heterocycles. The summed E-state index contributed by atoms with van der Waals surface area (Å²) in [6.45, 7) is 6.82. The van der Waals surface area contributed by atoms with Crippen LogP contribution in [0.1, 0.15) is 42.5 Å². The molecule has 2 aromatic rings. The molecule has 23 heavy (non-hydrogen) atoms. The molecule has 120 valence electrons. The van der Waals surface area contributed by atoms with Gasteiger partial charge in [0.1, 0.15) is 0 Å². The minimum atomic E-state index is -0.0816. The van der Waals surface area contributed by atoms with Gasteiger partial charge >= 0.3 is 0 Å². The SMILES string of the molecule is CC1(C)CN(C(=O)c2nc3n(n2)CCCN3)C1c1ccccc1. The number of carbonyl (C=O) groups excluding carboxylic acids is 1. The quantitative estimate of drug-likeness (QED) is 0.924. The lowest BCUT2D eigenvalue weighted by Gasteiger charge is -2.54. The van der Waals surface area contributed by atoms with Gasteiger partial charge in [-0.05, 0) is 12.0 Å². The number of aryl methyl sites for hydroxylation is 1. The van der Waals surface area contributed by atoms with Gasteiger partial charge in [0.2, 0.25) is 11.8 Å². The Bertz CT molecular complexity index is 713. The number of anilines is 1. The number of hydrogen-bond acceptors (Lipinski definition) is 4. The molecule has 4 rings (SSSR count). The van der Waals surface area contributed by atoms with E-state index in [2.05, 4.69) is 41.4 Å². The Morgan fingerprint density at radius 3 is 2.78 bits per heavy atom. The van der Waals surface area contributed by atoms with Crippen molar-refractivity contribution in [1.82, 2.24) is 19.7 Å². The van der Waals surface area contributed by atoms with Crippen LogP contribution in [-0.2, 0) is 6.54 Å². The second-order valence-corrected chi connectivity index (χ2v) is 7.00. The summed E-state index contributed by atoms with van der Waals surface area (Å²) in [6.07, 6.45) is 1.01. The normalized spacial score (nSPS) is 22.0. The van der Waals surface area contributed by atoms with Crippen molar-refractivity contribution in [2.45, 2.75) is 32.9 Å². The lowest BCUT2D eigenvalue weighted by Crippen LogP contribution is -2.58. The van der Waals surface area contributed by atoms with Crippen LogP contribution in [0.5, 0.6) is 0 Å². The second kappa shape index (κ2) is 5.08. The van der Waals surface area contributed by atoms with Gasteiger partial charge in [-0.3, -0.25) is 4.79 Å². The van der Waals surface area contributed by atoms with E-state index in [0.717, 1.165) is 26.1 Å². The highest BCUT2D eigenvalue weighted by Gasteiger charge is 2.49. The highest BCUT2D eigenvalue weighted by molar-refractivity contribution is 5.92. The van der Waals surface area contributed by atoms with Crippen molar-refractivity contribution in [3.05, 3.63) is 41.7 Å². The first kappa shape index (κ1) is 14.2. The summed E-state index contributed by atoms with van der Waals surface area (Å²) < 4.78 is 1.79. The molecule has 0 saturated carbocycles. The second-order valence-electron chi connectivity index (χ2n) is 7.00.